The number of anilines is 1. The van der Waals surface area contributed by atoms with Gasteiger partial charge in [0, 0.05) is 37.0 Å². The number of methoxy groups -OCH3 is 1. The highest BCUT2D eigenvalue weighted by molar-refractivity contribution is 5.53. The molecule has 0 saturated heterocycles. The average molecular weight is 222 g/mol. The van der Waals surface area contributed by atoms with Crippen LogP contribution in [0, 0.1) is 0 Å². The van der Waals surface area contributed by atoms with Crippen LogP contribution in [-0.2, 0) is 6.54 Å². The highest BCUT2D eigenvalue weighted by atomic mass is 16.5. The summed E-state index contributed by atoms with van der Waals surface area (Å²) in [5.41, 5.74) is 2.42. The second-order valence-corrected chi connectivity index (χ2v) is 3.70. The van der Waals surface area contributed by atoms with E-state index in [4.69, 9.17) is 4.74 Å². The van der Waals surface area contributed by atoms with Crippen LogP contribution in [-0.4, -0.2) is 27.2 Å². The number of hydrogen-bond donors (Lipinski definition) is 1. The van der Waals surface area contributed by atoms with E-state index in [1.165, 1.54) is 11.3 Å². The Morgan fingerprint density at radius 1 is 1.25 bits per heavy atom. The topological polar surface area (TPSA) is 24.5 Å². The highest BCUT2D eigenvalue weighted by Gasteiger charge is 2.07. The molecule has 1 aromatic carbocycles. The molecule has 0 heterocycles. The zero-order valence-electron chi connectivity index (χ0n) is 10.7. The molecule has 0 aromatic heterocycles. The molecule has 0 aliphatic heterocycles. The Morgan fingerprint density at radius 2 is 1.94 bits per heavy atom. The van der Waals surface area contributed by atoms with Crippen molar-refractivity contribution >= 4 is 5.69 Å². The average Bonchev–Trinajstić information content (AvgIpc) is 2.32. The third kappa shape index (κ3) is 2.89. The van der Waals surface area contributed by atoms with E-state index in [-0.39, 0.29) is 0 Å². The van der Waals surface area contributed by atoms with Gasteiger partial charge in [0.1, 0.15) is 5.75 Å². The molecule has 0 aliphatic carbocycles. The maximum atomic E-state index is 5.41. The lowest BCUT2D eigenvalue weighted by molar-refractivity contribution is 0.408. The van der Waals surface area contributed by atoms with Gasteiger partial charge in [0.15, 0.2) is 0 Å². The van der Waals surface area contributed by atoms with Gasteiger partial charge in [-0.25, -0.2) is 0 Å². The van der Waals surface area contributed by atoms with Crippen LogP contribution in [0.15, 0.2) is 18.2 Å². The van der Waals surface area contributed by atoms with Crippen LogP contribution in [0.5, 0.6) is 5.75 Å². The molecule has 3 heteroatoms. The maximum absolute atomic E-state index is 5.41. The minimum Gasteiger partial charge on any atom is -0.496 e. The second-order valence-electron chi connectivity index (χ2n) is 3.70. The Hall–Kier alpha value is -1.22. The molecule has 0 spiro atoms. The fraction of sp³-hybridized carbons (Fsp3) is 0.538. The predicted molar refractivity (Wildman–Crippen MR) is 69.3 cm³/mol. The molecule has 0 bridgehead atoms. The Balaban J connectivity index is 2.98. The van der Waals surface area contributed by atoms with Crippen molar-refractivity contribution in [1.29, 1.82) is 0 Å². The summed E-state index contributed by atoms with van der Waals surface area (Å²) in [5.74, 6) is 0.957. The summed E-state index contributed by atoms with van der Waals surface area (Å²) in [6.07, 6.45) is 0. The van der Waals surface area contributed by atoms with Gasteiger partial charge >= 0.3 is 0 Å². The molecule has 16 heavy (non-hydrogen) atoms. The summed E-state index contributed by atoms with van der Waals surface area (Å²) in [6.45, 7) is 7.20. The zero-order valence-corrected chi connectivity index (χ0v) is 10.7. The monoisotopic (exact) mass is 222 g/mol. The number of rotatable bonds is 6. The normalized spacial score (nSPS) is 10.2. The molecule has 0 radical (unpaired) electrons. The van der Waals surface area contributed by atoms with Crippen LogP contribution in [0.4, 0.5) is 5.69 Å². The summed E-state index contributed by atoms with van der Waals surface area (Å²) in [6, 6.07) is 6.39. The first kappa shape index (κ1) is 12.8. The van der Waals surface area contributed by atoms with Crippen LogP contribution in [0.25, 0.3) is 0 Å². The summed E-state index contributed by atoms with van der Waals surface area (Å²) in [4.78, 5) is 2.31. The van der Waals surface area contributed by atoms with Crippen molar-refractivity contribution in [2.45, 2.75) is 20.4 Å². The fourth-order valence-corrected chi connectivity index (χ4v) is 1.86. The van der Waals surface area contributed by atoms with Crippen LogP contribution < -0.4 is 15.0 Å². The molecule has 1 aromatic rings. The number of nitrogens with zero attached hydrogens (tertiary/aromatic N) is 1. The van der Waals surface area contributed by atoms with E-state index in [2.05, 4.69) is 42.3 Å². The van der Waals surface area contributed by atoms with E-state index in [0.717, 1.165) is 25.4 Å². The molecule has 0 aliphatic rings. The molecular formula is C13H22N2O. The fourth-order valence-electron chi connectivity index (χ4n) is 1.86. The van der Waals surface area contributed by atoms with Gasteiger partial charge in [0.25, 0.3) is 0 Å². The van der Waals surface area contributed by atoms with Crippen LogP contribution in [0.1, 0.15) is 19.4 Å². The first-order chi connectivity index (χ1) is 7.76. The van der Waals surface area contributed by atoms with E-state index < -0.39 is 0 Å². The highest BCUT2D eigenvalue weighted by Crippen LogP contribution is 2.25. The number of nitrogens with one attached hydrogen (secondary N) is 1. The molecule has 1 N–H and O–H groups in total. The maximum Gasteiger partial charge on any atom is 0.125 e. The molecule has 1 rings (SSSR count). The Labute approximate surface area is 98.4 Å². The Morgan fingerprint density at radius 3 is 2.44 bits per heavy atom. The van der Waals surface area contributed by atoms with Crippen molar-refractivity contribution in [1.82, 2.24) is 5.32 Å². The first-order valence-corrected chi connectivity index (χ1v) is 5.83. The molecule has 3 nitrogen and oxygen atoms in total. The van der Waals surface area contributed by atoms with E-state index in [0.29, 0.717) is 0 Å². The number of benzene rings is 1. The third-order valence-corrected chi connectivity index (χ3v) is 2.77. The van der Waals surface area contributed by atoms with Gasteiger partial charge in [-0.05, 0) is 27.0 Å². The smallest absolute Gasteiger partial charge is 0.125 e. The van der Waals surface area contributed by atoms with Gasteiger partial charge in [0.05, 0.1) is 7.11 Å². The van der Waals surface area contributed by atoms with Crippen molar-refractivity contribution in [3.8, 4) is 5.75 Å². The van der Waals surface area contributed by atoms with Gasteiger partial charge in [-0.1, -0.05) is 6.07 Å². The predicted octanol–water partition coefficient (Wildman–Crippen LogP) is 2.26. The van der Waals surface area contributed by atoms with Gasteiger partial charge in [-0.2, -0.15) is 0 Å². The lowest BCUT2D eigenvalue weighted by atomic mass is 10.1. The second kappa shape index (κ2) is 6.38. The summed E-state index contributed by atoms with van der Waals surface area (Å²) in [5, 5.41) is 3.14. The van der Waals surface area contributed by atoms with Gasteiger partial charge in [0.2, 0.25) is 0 Å². The quantitative estimate of drug-likeness (QED) is 0.799. The van der Waals surface area contributed by atoms with Crippen LogP contribution in [0.3, 0.4) is 0 Å². The van der Waals surface area contributed by atoms with Crippen molar-refractivity contribution in [2.24, 2.45) is 0 Å². The minimum absolute atomic E-state index is 0.835. The van der Waals surface area contributed by atoms with E-state index in [1.54, 1.807) is 7.11 Å². The first-order valence-electron chi connectivity index (χ1n) is 5.83. The zero-order chi connectivity index (χ0) is 12.0. The number of hydrogen-bond acceptors (Lipinski definition) is 3. The van der Waals surface area contributed by atoms with Crippen molar-refractivity contribution in [3.63, 3.8) is 0 Å². The van der Waals surface area contributed by atoms with Crippen molar-refractivity contribution in [3.05, 3.63) is 23.8 Å². The third-order valence-electron chi connectivity index (χ3n) is 2.77. The summed E-state index contributed by atoms with van der Waals surface area (Å²) >= 11 is 0. The Bertz CT molecular complexity index is 322. The molecule has 0 unspecified atom stereocenters. The number of ether oxygens (including phenoxy) is 1. The lowest BCUT2D eigenvalue weighted by Crippen LogP contribution is -2.21. The summed E-state index contributed by atoms with van der Waals surface area (Å²) in [7, 11) is 3.66. The van der Waals surface area contributed by atoms with Crippen LogP contribution in [0.2, 0.25) is 0 Å². The molecule has 0 saturated carbocycles. The van der Waals surface area contributed by atoms with Crippen molar-refractivity contribution < 1.29 is 4.74 Å². The SMILES string of the molecule is CCN(CC)c1ccc(CNC)c(OC)c1. The largest absolute Gasteiger partial charge is 0.496 e. The minimum atomic E-state index is 0.835. The van der Waals surface area contributed by atoms with Gasteiger partial charge in [-0.15, -0.1) is 0 Å². The summed E-state index contributed by atoms with van der Waals surface area (Å²) < 4.78 is 5.41. The van der Waals surface area contributed by atoms with Gasteiger partial charge < -0.3 is 15.0 Å². The lowest BCUT2D eigenvalue weighted by Gasteiger charge is -2.22. The standard InChI is InChI=1S/C13H22N2O/c1-5-15(6-2)12-8-7-11(10-14-3)13(9-12)16-4/h7-9,14H,5-6,10H2,1-4H3. The van der Waals surface area contributed by atoms with E-state index in [1.807, 2.05) is 7.05 Å². The van der Waals surface area contributed by atoms with Crippen molar-refractivity contribution in [2.75, 3.05) is 32.1 Å². The molecule has 90 valence electrons. The van der Waals surface area contributed by atoms with E-state index in [9.17, 15) is 0 Å². The molecular weight excluding hydrogens is 200 g/mol. The molecule has 0 atom stereocenters. The van der Waals surface area contributed by atoms with Gasteiger partial charge in [-0.3, -0.25) is 0 Å². The Kier molecular flexibility index (Phi) is 5.12. The molecule has 0 amide bonds. The van der Waals surface area contributed by atoms with E-state index >= 15 is 0 Å². The molecule has 0 fully saturated rings. The van der Waals surface area contributed by atoms with Crippen LogP contribution >= 0.6 is 0 Å².